The van der Waals surface area contributed by atoms with Crippen LogP contribution in [0.3, 0.4) is 0 Å². The Balaban J connectivity index is 1.68. The quantitative estimate of drug-likeness (QED) is 0.711. The lowest BCUT2D eigenvalue weighted by Crippen LogP contribution is -2.36. The maximum absolute atomic E-state index is 12.9. The predicted octanol–water partition coefficient (Wildman–Crippen LogP) is 2.26. The van der Waals surface area contributed by atoms with Crippen LogP contribution in [0, 0.1) is 13.8 Å². The van der Waals surface area contributed by atoms with Crippen LogP contribution in [0.15, 0.2) is 33.7 Å². The fourth-order valence-corrected chi connectivity index (χ4v) is 4.84. The van der Waals surface area contributed by atoms with Gasteiger partial charge in [-0.15, -0.1) is 0 Å². The summed E-state index contributed by atoms with van der Waals surface area (Å²) in [6.07, 6.45) is 2.65. The van der Waals surface area contributed by atoms with Gasteiger partial charge >= 0.3 is 5.97 Å². The molecule has 9 nitrogen and oxygen atoms in total. The minimum absolute atomic E-state index is 0.0660. The summed E-state index contributed by atoms with van der Waals surface area (Å²) in [5.41, 5.74) is 0.613. The molecule has 29 heavy (non-hydrogen) atoms. The minimum atomic E-state index is -3.69. The molecule has 3 rings (SSSR count). The van der Waals surface area contributed by atoms with Crippen molar-refractivity contribution in [3.63, 3.8) is 0 Å². The molecule has 0 radical (unpaired) electrons. The number of ether oxygens (including phenoxy) is 1. The predicted molar refractivity (Wildman–Crippen MR) is 104 cm³/mol. The van der Waals surface area contributed by atoms with E-state index in [-0.39, 0.29) is 16.3 Å². The van der Waals surface area contributed by atoms with E-state index < -0.39 is 28.5 Å². The van der Waals surface area contributed by atoms with Crippen LogP contribution < -0.4 is 5.32 Å². The Bertz CT molecular complexity index is 1010. The number of hydrogen-bond donors (Lipinski definition) is 1. The van der Waals surface area contributed by atoms with E-state index in [4.69, 9.17) is 9.26 Å². The number of carbonyl (C=O) groups excluding carboxylic acids is 2. The van der Waals surface area contributed by atoms with Crippen molar-refractivity contribution >= 4 is 27.7 Å². The number of amides is 1. The molecule has 0 bridgehead atoms. The van der Waals surface area contributed by atoms with Gasteiger partial charge in [-0.1, -0.05) is 17.6 Å². The number of aromatic nitrogens is 1. The summed E-state index contributed by atoms with van der Waals surface area (Å²) in [6.45, 7) is 3.76. The molecular weight excluding hydrogens is 398 g/mol. The van der Waals surface area contributed by atoms with Gasteiger partial charge in [0, 0.05) is 19.2 Å². The molecule has 10 heteroatoms. The molecule has 0 unspecified atom stereocenters. The van der Waals surface area contributed by atoms with Gasteiger partial charge in [0.2, 0.25) is 10.0 Å². The van der Waals surface area contributed by atoms with E-state index in [9.17, 15) is 18.0 Å². The molecule has 1 aromatic carbocycles. The second kappa shape index (κ2) is 8.75. The maximum atomic E-state index is 12.9. The SMILES string of the molecule is Cc1cc(NC(=O)COC(=O)c2ccc(C)c(S(=O)(=O)N3CCCCC3)c2)no1. The van der Waals surface area contributed by atoms with Crippen molar-refractivity contribution in [2.75, 3.05) is 25.0 Å². The fourth-order valence-electron chi connectivity index (χ4n) is 3.07. The highest BCUT2D eigenvalue weighted by Crippen LogP contribution is 2.24. The molecule has 0 aliphatic carbocycles. The second-order valence-corrected chi connectivity index (χ2v) is 8.80. The molecule has 1 aromatic heterocycles. The maximum Gasteiger partial charge on any atom is 0.338 e. The number of nitrogens with one attached hydrogen (secondary N) is 1. The molecule has 0 atom stereocenters. The molecule has 2 heterocycles. The van der Waals surface area contributed by atoms with E-state index in [0.717, 1.165) is 19.3 Å². The lowest BCUT2D eigenvalue weighted by atomic mass is 10.1. The van der Waals surface area contributed by atoms with Crippen molar-refractivity contribution in [2.24, 2.45) is 0 Å². The Morgan fingerprint density at radius 3 is 2.55 bits per heavy atom. The summed E-state index contributed by atoms with van der Waals surface area (Å²) >= 11 is 0. The van der Waals surface area contributed by atoms with Gasteiger partial charge < -0.3 is 14.6 Å². The first-order valence-electron chi connectivity index (χ1n) is 9.28. The fraction of sp³-hybridized carbons (Fsp3) is 0.421. The van der Waals surface area contributed by atoms with Crippen LogP contribution in [0.5, 0.6) is 0 Å². The summed E-state index contributed by atoms with van der Waals surface area (Å²) in [5.74, 6) is -0.625. The van der Waals surface area contributed by atoms with E-state index in [1.807, 2.05) is 0 Å². The molecular formula is C19H23N3O6S. The molecule has 0 spiro atoms. The number of piperidine rings is 1. The lowest BCUT2D eigenvalue weighted by Gasteiger charge is -2.26. The number of esters is 1. The van der Waals surface area contributed by atoms with Crippen molar-refractivity contribution in [2.45, 2.75) is 38.0 Å². The van der Waals surface area contributed by atoms with Gasteiger partial charge in [0.15, 0.2) is 12.4 Å². The third-order valence-electron chi connectivity index (χ3n) is 4.59. The molecule has 1 aliphatic heterocycles. The number of hydrogen-bond acceptors (Lipinski definition) is 7. The number of aryl methyl sites for hydroxylation is 2. The normalized spacial score (nSPS) is 15.1. The van der Waals surface area contributed by atoms with E-state index >= 15 is 0 Å². The third kappa shape index (κ3) is 5.01. The third-order valence-corrected chi connectivity index (χ3v) is 6.63. The number of anilines is 1. The number of carbonyl (C=O) groups is 2. The van der Waals surface area contributed by atoms with Gasteiger partial charge in [0.1, 0.15) is 5.76 Å². The summed E-state index contributed by atoms with van der Waals surface area (Å²) in [5, 5.41) is 6.05. The Hall–Kier alpha value is -2.72. The summed E-state index contributed by atoms with van der Waals surface area (Å²) in [6, 6.07) is 5.87. The Morgan fingerprint density at radius 2 is 1.90 bits per heavy atom. The van der Waals surface area contributed by atoms with Crippen molar-refractivity contribution < 1.29 is 27.3 Å². The zero-order chi connectivity index (χ0) is 21.0. The number of benzene rings is 1. The highest BCUT2D eigenvalue weighted by atomic mass is 32.2. The highest BCUT2D eigenvalue weighted by Gasteiger charge is 2.28. The Morgan fingerprint density at radius 1 is 1.17 bits per heavy atom. The molecule has 1 amide bonds. The van der Waals surface area contributed by atoms with E-state index in [0.29, 0.717) is 24.4 Å². The standard InChI is InChI=1S/C19H23N3O6S/c1-13-6-7-15(11-16(13)29(25,26)22-8-4-3-5-9-22)19(24)27-12-18(23)20-17-10-14(2)28-21-17/h6-7,10-11H,3-5,8-9,12H2,1-2H3,(H,20,21,23). The van der Waals surface area contributed by atoms with E-state index in [1.54, 1.807) is 19.9 Å². The van der Waals surface area contributed by atoms with Crippen LogP contribution in [0.1, 0.15) is 40.9 Å². The largest absolute Gasteiger partial charge is 0.452 e. The topological polar surface area (TPSA) is 119 Å². The molecule has 156 valence electrons. The monoisotopic (exact) mass is 421 g/mol. The van der Waals surface area contributed by atoms with Gasteiger partial charge in [0.05, 0.1) is 10.5 Å². The Kier molecular flexibility index (Phi) is 6.33. The number of sulfonamides is 1. The molecule has 1 aliphatic rings. The van der Waals surface area contributed by atoms with Crippen molar-refractivity contribution in [3.8, 4) is 0 Å². The number of rotatable bonds is 6. The van der Waals surface area contributed by atoms with Crippen molar-refractivity contribution in [1.82, 2.24) is 9.46 Å². The zero-order valence-electron chi connectivity index (χ0n) is 16.3. The van der Waals surface area contributed by atoms with Crippen LogP contribution in [0.4, 0.5) is 5.82 Å². The molecule has 0 saturated carbocycles. The van der Waals surface area contributed by atoms with Crippen LogP contribution in [-0.2, 0) is 19.6 Å². The first-order chi connectivity index (χ1) is 13.8. The van der Waals surface area contributed by atoms with Gasteiger partial charge in [0.25, 0.3) is 5.91 Å². The van der Waals surface area contributed by atoms with Gasteiger partial charge in [-0.3, -0.25) is 4.79 Å². The first kappa shape index (κ1) is 21.0. The van der Waals surface area contributed by atoms with Gasteiger partial charge in [-0.2, -0.15) is 4.31 Å². The number of nitrogens with zero attached hydrogens (tertiary/aromatic N) is 2. The Labute approximate surface area is 169 Å². The first-order valence-corrected chi connectivity index (χ1v) is 10.7. The second-order valence-electron chi connectivity index (χ2n) is 6.89. The summed E-state index contributed by atoms with van der Waals surface area (Å²) < 4.78 is 37.2. The summed E-state index contributed by atoms with van der Waals surface area (Å²) in [7, 11) is -3.69. The highest BCUT2D eigenvalue weighted by molar-refractivity contribution is 7.89. The molecule has 1 saturated heterocycles. The van der Waals surface area contributed by atoms with Crippen LogP contribution in [0.25, 0.3) is 0 Å². The van der Waals surface area contributed by atoms with E-state index in [1.165, 1.54) is 22.5 Å². The van der Waals surface area contributed by atoms with Crippen LogP contribution in [0.2, 0.25) is 0 Å². The molecule has 2 aromatic rings. The van der Waals surface area contributed by atoms with Gasteiger partial charge in [-0.25, -0.2) is 13.2 Å². The minimum Gasteiger partial charge on any atom is -0.452 e. The van der Waals surface area contributed by atoms with Crippen LogP contribution in [-0.4, -0.2) is 49.5 Å². The zero-order valence-corrected chi connectivity index (χ0v) is 17.1. The van der Waals surface area contributed by atoms with Gasteiger partial charge in [-0.05, 0) is 44.4 Å². The van der Waals surface area contributed by atoms with Crippen molar-refractivity contribution in [3.05, 3.63) is 41.2 Å². The van der Waals surface area contributed by atoms with E-state index in [2.05, 4.69) is 10.5 Å². The average molecular weight is 421 g/mol. The molecule has 1 fully saturated rings. The lowest BCUT2D eigenvalue weighted by molar-refractivity contribution is -0.119. The van der Waals surface area contributed by atoms with Crippen molar-refractivity contribution in [1.29, 1.82) is 0 Å². The molecule has 1 N–H and O–H groups in total. The smallest absolute Gasteiger partial charge is 0.338 e. The average Bonchev–Trinajstić information content (AvgIpc) is 3.11. The summed E-state index contributed by atoms with van der Waals surface area (Å²) in [4.78, 5) is 24.3. The van der Waals surface area contributed by atoms with Crippen LogP contribution >= 0.6 is 0 Å².